The molecule has 0 aliphatic carbocycles. The van der Waals surface area contributed by atoms with Crippen molar-refractivity contribution in [2.24, 2.45) is 0 Å². The van der Waals surface area contributed by atoms with Crippen molar-refractivity contribution in [1.29, 1.82) is 0 Å². The molecule has 242 valence electrons. The van der Waals surface area contributed by atoms with E-state index in [2.05, 4.69) is 50.3 Å². The van der Waals surface area contributed by atoms with Crippen LogP contribution in [0.25, 0.3) is 0 Å². The van der Waals surface area contributed by atoms with E-state index in [-0.39, 0.29) is 25.2 Å². The van der Waals surface area contributed by atoms with Gasteiger partial charge in [0.05, 0.1) is 12.2 Å². The molecule has 0 spiro atoms. The van der Waals surface area contributed by atoms with Crippen LogP contribution < -0.4 is 0 Å². The Bertz CT molecular complexity index is 743. The van der Waals surface area contributed by atoms with Crippen LogP contribution in [0.2, 0.25) is 0 Å². The van der Waals surface area contributed by atoms with Crippen molar-refractivity contribution in [3.8, 4) is 0 Å². The van der Waals surface area contributed by atoms with E-state index in [1.165, 1.54) is 70.6 Å². The molecule has 1 N–H and O–H groups in total. The number of epoxide rings is 1. The second-order valence-corrected chi connectivity index (χ2v) is 11.7. The zero-order valence-corrected chi connectivity index (χ0v) is 26.9. The summed E-state index contributed by atoms with van der Waals surface area (Å²) in [5.74, 6) is -0.638. The van der Waals surface area contributed by atoms with Gasteiger partial charge in [-0.1, -0.05) is 121 Å². The van der Waals surface area contributed by atoms with Crippen molar-refractivity contribution in [3.63, 3.8) is 0 Å². The van der Waals surface area contributed by atoms with Crippen LogP contribution in [0.4, 0.5) is 0 Å². The van der Waals surface area contributed by atoms with Crippen LogP contribution in [0.5, 0.6) is 0 Å². The van der Waals surface area contributed by atoms with Crippen LogP contribution in [0.1, 0.15) is 149 Å². The zero-order valence-electron chi connectivity index (χ0n) is 26.9. The van der Waals surface area contributed by atoms with Gasteiger partial charge in [-0.25, -0.2) is 0 Å². The Morgan fingerprint density at radius 3 is 1.69 bits per heavy atom. The lowest BCUT2D eigenvalue weighted by Crippen LogP contribution is -2.25. The Labute approximate surface area is 257 Å². The summed E-state index contributed by atoms with van der Waals surface area (Å²) in [5.41, 5.74) is 0. The standard InChI is InChI=1S/C36H62O6/c1-3-5-7-9-11-12-13-16-20-24-28-35(38)40-30-32(37)31-41-36(39)29-25-21-17-14-15-19-23-27-34-33(42-34)26-22-18-10-8-6-4-2/h14,17-19,22-23,32-34,37H,3-13,15-16,20-21,24-31H2,1-2H3/b17-14-,22-18-,23-19-/t32-,33?,34?/m0/s1. The quantitative estimate of drug-likeness (QED) is 0.0405. The molecule has 0 aromatic rings. The fraction of sp³-hybridized carbons (Fsp3) is 0.778. The van der Waals surface area contributed by atoms with Gasteiger partial charge < -0.3 is 19.3 Å². The van der Waals surface area contributed by atoms with Crippen molar-refractivity contribution in [2.75, 3.05) is 13.2 Å². The number of hydrogen-bond acceptors (Lipinski definition) is 6. The summed E-state index contributed by atoms with van der Waals surface area (Å²) in [6.07, 6.45) is 35.1. The Kier molecular flexibility index (Phi) is 25.3. The molecule has 6 nitrogen and oxygen atoms in total. The second-order valence-electron chi connectivity index (χ2n) is 11.7. The predicted molar refractivity (Wildman–Crippen MR) is 172 cm³/mol. The third kappa shape index (κ3) is 24.7. The fourth-order valence-electron chi connectivity index (χ4n) is 4.77. The second kappa shape index (κ2) is 27.9. The van der Waals surface area contributed by atoms with Crippen LogP contribution in [0.3, 0.4) is 0 Å². The number of aliphatic hydroxyl groups is 1. The third-order valence-electron chi connectivity index (χ3n) is 7.53. The molecule has 0 radical (unpaired) electrons. The van der Waals surface area contributed by atoms with Crippen LogP contribution >= 0.6 is 0 Å². The van der Waals surface area contributed by atoms with Crippen LogP contribution in [-0.2, 0) is 23.8 Å². The summed E-state index contributed by atoms with van der Waals surface area (Å²) in [4.78, 5) is 23.8. The summed E-state index contributed by atoms with van der Waals surface area (Å²) in [6.45, 7) is 4.18. The van der Waals surface area contributed by atoms with Crippen LogP contribution in [0, 0.1) is 0 Å². The molecular weight excluding hydrogens is 528 g/mol. The number of carbonyl (C=O) groups excluding carboxylic acids is 2. The van der Waals surface area contributed by atoms with Gasteiger partial charge in [0.15, 0.2) is 0 Å². The zero-order chi connectivity index (χ0) is 30.5. The maximum atomic E-state index is 11.9. The van der Waals surface area contributed by atoms with Gasteiger partial charge in [-0.2, -0.15) is 0 Å². The number of aliphatic hydroxyl groups excluding tert-OH is 1. The van der Waals surface area contributed by atoms with Gasteiger partial charge in [0.2, 0.25) is 0 Å². The average Bonchev–Trinajstić information content (AvgIpc) is 3.74. The van der Waals surface area contributed by atoms with Gasteiger partial charge in [-0.15, -0.1) is 0 Å². The molecule has 42 heavy (non-hydrogen) atoms. The number of esters is 2. The smallest absolute Gasteiger partial charge is 0.305 e. The highest BCUT2D eigenvalue weighted by atomic mass is 16.6. The normalized spacial score (nSPS) is 17.4. The Morgan fingerprint density at radius 2 is 1.07 bits per heavy atom. The molecule has 3 atom stereocenters. The van der Waals surface area contributed by atoms with Gasteiger partial charge in [-0.05, 0) is 51.4 Å². The lowest BCUT2D eigenvalue weighted by atomic mass is 10.1. The van der Waals surface area contributed by atoms with Crippen LogP contribution in [0.15, 0.2) is 36.5 Å². The van der Waals surface area contributed by atoms with E-state index >= 15 is 0 Å². The summed E-state index contributed by atoms with van der Waals surface area (Å²) in [5, 5.41) is 9.95. The lowest BCUT2D eigenvalue weighted by molar-refractivity contribution is -0.152. The highest BCUT2D eigenvalue weighted by Crippen LogP contribution is 2.29. The third-order valence-corrected chi connectivity index (χ3v) is 7.53. The molecule has 0 aromatic heterocycles. The summed E-state index contributed by atoms with van der Waals surface area (Å²) < 4.78 is 16.0. The van der Waals surface area contributed by atoms with E-state index in [0.717, 1.165) is 44.9 Å². The van der Waals surface area contributed by atoms with Crippen molar-refractivity contribution in [2.45, 2.75) is 167 Å². The maximum absolute atomic E-state index is 11.9. The molecule has 0 amide bonds. The number of unbranched alkanes of at least 4 members (excludes halogenated alkanes) is 13. The molecule has 1 aliphatic heterocycles. The molecule has 1 saturated heterocycles. The van der Waals surface area contributed by atoms with E-state index in [4.69, 9.17) is 14.2 Å². The number of ether oxygens (including phenoxy) is 3. The summed E-state index contributed by atoms with van der Waals surface area (Å²) >= 11 is 0. The van der Waals surface area contributed by atoms with Gasteiger partial charge >= 0.3 is 11.9 Å². The molecule has 1 heterocycles. The molecule has 1 rings (SSSR count). The molecular formula is C36H62O6. The van der Waals surface area contributed by atoms with Gasteiger partial charge in [0, 0.05) is 12.8 Å². The lowest BCUT2D eigenvalue weighted by Gasteiger charge is -2.12. The van der Waals surface area contributed by atoms with Crippen molar-refractivity contribution < 1.29 is 28.9 Å². The molecule has 0 aromatic carbocycles. The van der Waals surface area contributed by atoms with Gasteiger partial charge in [-0.3, -0.25) is 9.59 Å². The Morgan fingerprint density at radius 1 is 0.619 bits per heavy atom. The van der Waals surface area contributed by atoms with Crippen molar-refractivity contribution in [1.82, 2.24) is 0 Å². The highest BCUT2D eigenvalue weighted by Gasteiger charge is 2.35. The summed E-state index contributed by atoms with van der Waals surface area (Å²) in [6, 6.07) is 0. The average molecular weight is 591 g/mol. The van der Waals surface area contributed by atoms with E-state index in [9.17, 15) is 14.7 Å². The molecule has 1 fully saturated rings. The topological polar surface area (TPSA) is 85.4 Å². The van der Waals surface area contributed by atoms with Crippen LogP contribution in [-0.4, -0.2) is 48.6 Å². The first-order valence-corrected chi connectivity index (χ1v) is 17.2. The number of allylic oxidation sites excluding steroid dienone is 4. The van der Waals surface area contributed by atoms with Gasteiger partial charge in [0.25, 0.3) is 0 Å². The van der Waals surface area contributed by atoms with E-state index < -0.39 is 6.10 Å². The first-order chi connectivity index (χ1) is 20.6. The van der Waals surface area contributed by atoms with Crippen molar-refractivity contribution in [3.05, 3.63) is 36.5 Å². The number of rotatable bonds is 29. The number of carbonyl (C=O) groups is 2. The fourth-order valence-corrected chi connectivity index (χ4v) is 4.77. The first-order valence-electron chi connectivity index (χ1n) is 17.2. The molecule has 0 saturated carbocycles. The Hall–Kier alpha value is -1.92. The van der Waals surface area contributed by atoms with E-state index in [1.807, 2.05) is 0 Å². The van der Waals surface area contributed by atoms with Gasteiger partial charge in [0.1, 0.15) is 19.3 Å². The van der Waals surface area contributed by atoms with E-state index in [1.54, 1.807) is 0 Å². The highest BCUT2D eigenvalue weighted by molar-refractivity contribution is 5.69. The minimum Gasteiger partial charge on any atom is -0.463 e. The molecule has 2 unspecified atom stereocenters. The SMILES string of the molecule is CCCCC/C=C\CC1OC1C/C=C\C/C=C\CCCC(=O)OC[C@@H](O)COC(=O)CCCCCCCCCCCC. The minimum atomic E-state index is -0.986. The minimum absolute atomic E-state index is 0.135. The monoisotopic (exact) mass is 590 g/mol. The molecule has 0 bridgehead atoms. The molecule has 6 heteroatoms. The Balaban J connectivity index is 1.90. The maximum Gasteiger partial charge on any atom is 0.305 e. The largest absolute Gasteiger partial charge is 0.463 e. The predicted octanol–water partition coefficient (Wildman–Crippen LogP) is 9.10. The van der Waals surface area contributed by atoms with Crippen molar-refractivity contribution >= 4 is 11.9 Å². The van der Waals surface area contributed by atoms with E-state index in [0.29, 0.717) is 31.5 Å². The first kappa shape index (κ1) is 38.1. The number of hydrogen-bond donors (Lipinski definition) is 1. The molecule has 1 aliphatic rings. The summed E-state index contributed by atoms with van der Waals surface area (Å²) in [7, 11) is 0.